The molecule has 1 aliphatic carbocycles. The van der Waals surface area contributed by atoms with Crippen molar-refractivity contribution in [2.45, 2.75) is 18.8 Å². The molecule has 1 saturated carbocycles. The van der Waals surface area contributed by atoms with Crippen LogP contribution in [0.5, 0.6) is 11.5 Å². The molecule has 2 aliphatic rings. The van der Waals surface area contributed by atoms with E-state index in [1.165, 1.54) is 12.8 Å². The first kappa shape index (κ1) is 15.2. The normalized spacial score (nSPS) is 15.3. The van der Waals surface area contributed by atoms with Crippen LogP contribution < -0.4 is 9.47 Å². The fraction of sp³-hybridized carbons (Fsp3) is 0.267. The molecule has 3 heterocycles. The largest absolute Gasteiger partial charge is 0.454 e. The Labute approximate surface area is 148 Å². The van der Waals surface area contributed by atoms with Crippen molar-refractivity contribution in [3.8, 4) is 28.7 Å². The number of hydrogen-bond acceptors (Lipinski definition) is 5. The highest BCUT2D eigenvalue weighted by Gasteiger charge is 2.26. The van der Waals surface area contributed by atoms with E-state index in [0.29, 0.717) is 22.3 Å². The number of benzene rings is 1. The Kier molecular flexibility index (Phi) is 3.58. The second kappa shape index (κ2) is 5.64. The van der Waals surface area contributed by atoms with Crippen molar-refractivity contribution in [2.24, 2.45) is 0 Å². The van der Waals surface area contributed by atoms with Crippen LogP contribution in [0.15, 0.2) is 24.3 Å². The summed E-state index contributed by atoms with van der Waals surface area (Å²) in [6.07, 6.45) is 2.44. The summed E-state index contributed by atoms with van der Waals surface area (Å²) < 4.78 is 13.2. The summed E-state index contributed by atoms with van der Waals surface area (Å²) in [6, 6.07) is 7.74. The van der Waals surface area contributed by atoms with Crippen LogP contribution in [-0.2, 0) is 0 Å². The highest BCUT2D eigenvalue weighted by Crippen LogP contribution is 2.40. The average molecular weight is 364 g/mol. The molecule has 24 heavy (non-hydrogen) atoms. The highest BCUT2D eigenvalue weighted by molar-refractivity contribution is 7.71. The first-order chi connectivity index (χ1) is 11.3. The Morgan fingerprint density at radius 3 is 2.75 bits per heavy atom. The van der Waals surface area contributed by atoms with Gasteiger partial charge in [-0.25, -0.2) is 0 Å². The lowest BCUT2D eigenvalue weighted by molar-refractivity contribution is 0.174. The summed E-state index contributed by atoms with van der Waals surface area (Å²) in [4.78, 5) is 0. The van der Waals surface area contributed by atoms with Crippen molar-refractivity contribution in [1.82, 2.24) is 25.0 Å². The van der Waals surface area contributed by atoms with Crippen LogP contribution in [0.4, 0.5) is 0 Å². The fourth-order valence-corrected chi connectivity index (χ4v) is 3.02. The molecule has 1 aliphatic heterocycles. The topological polar surface area (TPSA) is 80.8 Å². The Hall–Kier alpha value is -2.32. The number of rotatable bonds is 3. The third kappa shape index (κ3) is 2.38. The summed E-state index contributed by atoms with van der Waals surface area (Å²) in [7, 11) is 0. The van der Waals surface area contributed by atoms with Crippen LogP contribution in [0.1, 0.15) is 24.5 Å². The van der Waals surface area contributed by atoms with Crippen molar-refractivity contribution in [1.29, 1.82) is 0 Å². The van der Waals surface area contributed by atoms with E-state index >= 15 is 0 Å². The van der Waals surface area contributed by atoms with Crippen LogP contribution in [0.3, 0.4) is 0 Å². The maximum absolute atomic E-state index is 5.44. The molecule has 124 valence electrons. The first-order valence-electron chi connectivity index (χ1n) is 7.43. The zero-order valence-electron chi connectivity index (χ0n) is 12.5. The van der Waals surface area contributed by atoms with Gasteiger partial charge >= 0.3 is 0 Å². The average Bonchev–Trinajstić information content (AvgIpc) is 2.99. The quantitative estimate of drug-likeness (QED) is 0.697. The number of aromatic nitrogens is 5. The van der Waals surface area contributed by atoms with E-state index < -0.39 is 0 Å². The number of aromatic amines is 2. The lowest BCUT2D eigenvalue weighted by Crippen LogP contribution is -1.98. The van der Waals surface area contributed by atoms with Crippen LogP contribution in [0, 0.1) is 4.77 Å². The molecule has 1 aromatic carbocycles. The molecule has 0 bridgehead atoms. The molecule has 2 aromatic heterocycles. The fourth-order valence-electron chi connectivity index (χ4n) is 2.79. The molecule has 0 spiro atoms. The lowest BCUT2D eigenvalue weighted by Gasteiger charge is -2.06. The van der Waals surface area contributed by atoms with Crippen molar-refractivity contribution in [3.63, 3.8) is 0 Å². The maximum Gasteiger partial charge on any atom is 0.231 e. The number of halogens is 1. The van der Waals surface area contributed by atoms with Gasteiger partial charge in [-0.15, -0.1) is 12.4 Å². The Morgan fingerprint density at radius 1 is 1.08 bits per heavy atom. The van der Waals surface area contributed by atoms with Gasteiger partial charge in [-0.3, -0.25) is 14.8 Å². The van der Waals surface area contributed by atoms with Gasteiger partial charge in [0.25, 0.3) is 0 Å². The number of H-pyrrole nitrogens is 2. The zero-order valence-corrected chi connectivity index (χ0v) is 14.1. The number of ether oxygens (including phenoxy) is 2. The second-order valence-corrected chi connectivity index (χ2v) is 6.09. The standard InChI is InChI=1S/C15H13N5O2S.ClH/c23-15-19-18-14(11-6-10(16-17-11)8-1-2-8)20(15)9-3-4-12-13(5-9)22-7-21-12;/h3-6,8H,1-2,7H2,(H,16,17)(H,19,23);1H. The summed E-state index contributed by atoms with van der Waals surface area (Å²) in [6.45, 7) is 0.243. The minimum Gasteiger partial charge on any atom is -0.454 e. The number of nitrogens with one attached hydrogen (secondary N) is 2. The van der Waals surface area contributed by atoms with E-state index in [9.17, 15) is 0 Å². The van der Waals surface area contributed by atoms with Crippen LogP contribution in [0.25, 0.3) is 17.2 Å². The second-order valence-electron chi connectivity index (χ2n) is 5.71. The van der Waals surface area contributed by atoms with Crippen molar-refractivity contribution >= 4 is 24.6 Å². The van der Waals surface area contributed by atoms with Gasteiger partial charge < -0.3 is 9.47 Å². The van der Waals surface area contributed by atoms with Gasteiger partial charge in [0.05, 0.1) is 5.69 Å². The van der Waals surface area contributed by atoms with Crippen LogP contribution >= 0.6 is 24.6 Å². The first-order valence-corrected chi connectivity index (χ1v) is 7.83. The molecule has 0 saturated heterocycles. The summed E-state index contributed by atoms with van der Waals surface area (Å²) in [5.74, 6) is 2.73. The molecule has 5 rings (SSSR count). The predicted octanol–water partition coefficient (Wildman–Crippen LogP) is 3.35. The van der Waals surface area contributed by atoms with Gasteiger partial charge in [0.1, 0.15) is 5.69 Å². The van der Waals surface area contributed by atoms with Gasteiger partial charge in [0.2, 0.25) is 6.79 Å². The van der Waals surface area contributed by atoms with Gasteiger partial charge in [-0.2, -0.15) is 10.2 Å². The maximum atomic E-state index is 5.44. The van der Waals surface area contributed by atoms with Crippen molar-refractivity contribution in [3.05, 3.63) is 34.7 Å². The number of nitrogens with zero attached hydrogens (tertiary/aromatic N) is 3. The molecule has 0 amide bonds. The SMILES string of the molecule is Cl.S=c1[nH]nc(-c2cc(C3CC3)[nH]n2)n1-c1ccc2c(c1)OCO2. The van der Waals surface area contributed by atoms with Gasteiger partial charge in [-0.1, -0.05) is 0 Å². The third-order valence-electron chi connectivity index (χ3n) is 4.13. The van der Waals surface area contributed by atoms with Crippen LogP contribution in [-0.4, -0.2) is 31.8 Å². The van der Waals surface area contributed by atoms with E-state index in [4.69, 9.17) is 21.7 Å². The smallest absolute Gasteiger partial charge is 0.231 e. The van der Waals surface area contributed by atoms with E-state index in [2.05, 4.69) is 20.4 Å². The van der Waals surface area contributed by atoms with Gasteiger partial charge in [0.15, 0.2) is 22.1 Å². The van der Waals surface area contributed by atoms with Gasteiger partial charge in [-0.05, 0) is 43.3 Å². The lowest BCUT2D eigenvalue weighted by atomic mass is 10.2. The van der Waals surface area contributed by atoms with E-state index in [-0.39, 0.29) is 19.2 Å². The zero-order chi connectivity index (χ0) is 15.4. The Morgan fingerprint density at radius 2 is 1.92 bits per heavy atom. The summed E-state index contributed by atoms with van der Waals surface area (Å²) in [5.41, 5.74) is 2.79. The van der Waals surface area contributed by atoms with E-state index in [1.807, 2.05) is 28.8 Å². The molecule has 0 atom stereocenters. The third-order valence-corrected chi connectivity index (χ3v) is 4.40. The number of fused-ring (bicyclic) bond motifs is 1. The predicted molar refractivity (Wildman–Crippen MR) is 91.7 cm³/mol. The molecule has 2 N–H and O–H groups in total. The molecule has 0 radical (unpaired) electrons. The number of hydrogen-bond donors (Lipinski definition) is 2. The molecular weight excluding hydrogens is 350 g/mol. The van der Waals surface area contributed by atoms with E-state index in [1.54, 1.807) is 0 Å². The molecule has 3 aromatic rings. The minimum atomic E-state index is 0. The van der Waals surface area contributed by atoms with Crippen LogP contribution in [0.2, 0.25) is 0 Å². The minimum absolute atomic E-state index is 0. The van der Waals surface area contributed by atoms with Gasteiger partial charge in [0, 0.05) is 17.7 Å². The molecule has 1 fully saturated rings. The Bertz CT molecular complexity index is 959. The molecular formula is C15H14ClN5O2S. The summed E-state index contributed by atoms with van der Waals surface area (Å²) in [5, 5.41) is 14.7. The van der Waals surface area contributed by atoms with E-state index in [0.717, 1.165) is 22.8 Å². The summed E-state index contributed by atoms with van der Waals surface area (Å²) >= 11 is 5.39. The highest BCUT2D eigenvalue weighted by atomic mass is 35.5. The Balaban J connectivity index is 0.00000146. The van der Waals surface area contributed by atoms with Crippen molar-refractivity contribution in [2.75, 3.05) is 6.79 Å². The monoisotopic (exact) mass is 363 g/mol. The molecule has 7 nitrogen and oxygen atoms in total. The molecule has 0 unspecified atom stereocenters. The molecule has 9 heteroatoms. The van der Waals surface area contributed by atoms with Crippen molar-refractivity contribution < 1.29 is 9.47 Å².